The molecule has 1 aliphatic heterocycles. The molecular weight excluding hydrogens is 525 g/mol. The van der Waals surface area contributed by atoms with Crippen LogP contribution in [-0.4, -0.2) is 35.3 Å². The van der Waals surface area contributed by atoms with Gasteiger partial charge in [0.25, 0.3) is 17.7 Å². The lowest BCUT2D eigenvalue weighted by Crippen LogP contribution is -2.53. The fourth-order valence-electron chi connectivity index (χ4n) is 3.16. The Kier molecular flexibility index (Phi) is 7.06. The Morgan fingerprint density at radius 3 is 2.60 bits per heavy atom. The van der Waals surface area contributed by atoms with E-state index in [1.165, 1.54) is 36.6 Å². The molecule has 9 nitrogen and oxygen atoms in total. The van der Waals surface area contributed by atoms with Crippen LogP contribution in [0.15, 0.2) is 75.3 Å². The van der Waals surface area contributed by atoms with Gasteiger partial charge in [0.15, 0.2) is 6.61 Å². The number of urea groups is 1. The molecule has 0 bridgehead atoms. The van der Waals surface area contributed by atoms with E-state index in [0.29, 0.717) is 27.2 Å². The Morgan fingerprint density at radius 1 is 1.14 bits per heavy atom. The summed E-state index contributed by atoms with van der Waals surface area (Å²) in [5.74, 6) is -1.71. The van der Waals surface area contributed by atoms with Crippen LogP contribution in [0.25, 0.3) is 6.08 Å². The summed E-state index contributed by atoms with van der Waals surface area (Å²) in [7, 11) is 0. The number of furan rings is 1. The molecule has 1 fully saturated rings. The Balaban J connectivity index is 1.43. The second-order valence-electron chi connectivity index (χ2n) is 7.32. The summed E-state index contributed by atoms with van der Waals surface area (Å²) in [6.45, 7) is -0.431. The molecule has 0 aliphatic carbocycles. The number of imide groups is 2. The lowest BCUT2D eigenvalue weighted by Gasteiger charge is -2.25. The summed E-state index contributed by atoms with van der Waals surface area (Å²) in [5.41, 5.74) is 0.678. The molecule has 0 unspecified atom stereocenters. The molecule has 3 aromatic rings. The highest BCUT2D eigenvalue weighted by Crippen LogP contribution is 2.28. The minimum absolute atomic E-state index is 0.126. The molecule has 1 aromatic heterocycles. The first kappa shape index (κ1) is 23.9. The van der Waals surface area contributed by atoms with Gasteiger partial charge in [-0.15, -0.1) is 0 Å². The summed E-state index contributed by atoms with van der Waals surface area (Å²) in [4.78, 5) is 50.2. The van der Waals surface area contributed by atoms with Gasteiger partial charge in [-0.05, 0) is 76.1 Å². The number of carbonyl (C=O) groups excluding carboxylic acids is 4. The minimum Gasteiger partial charge on any atom is -0.483 e. The normalized spacial score (nSPS) is 14.7. The van der Waals surface area contributed by atoms with Crippen LogP contribution in [0.1, 0.15) is 11.3 Å². The van der Waals surface area contributed by atoms with Gasteiger partial charge in [0.05, 0.1) is 17.3 Å². The Hall–Kier alpha value is -4.25. The van der Waals surface area contributed by atoms with Gasteiger partial charge in [0.1, 0.15) is 22.9 Å². The third-order valence-corrected chi connectivity index (χ3v) is 5.45. The zero-order valence-electron chi connectivity index (χ0n) is 17.9. The number of hydrogen-bond acceptors (Lipinski definition) is 6. The number of benzene rings is 2. The maximum Gasteiger partial charge on any atom is 0.331 e. The second-order valence-corrected chi connectivity index (χ2v) is 8.18. The van der Waals surface area contributed by atoms with Crippen LogP contribution < -0.4 is 15.4 Å². The van der Waals surface area contributed by atoms with Gasteiger partial charge < -0.3 is 14.5 Å². The van der Waals surface area contributed by atoms with Gasteiger partial charge in [-0.25, -0.2) is 9.18 Å². The van der Waals surface area contributed by atoms with Crippen LogP contribution >= 0.6 is 15.9 Å². The van der Waals surface area contributed by atoms with E-state index in [1.807, 2.05) is 0 Å². The van der Waals surface area contributed by atoms with Gasteiger partial charge in [-0.2, -0.15) is 0 Å². The zero-order valence-corrected chi connectivity index (χ0v) is 19.5. The van der Waals surface area contributed by atoms with E-state index in [9.17, 15) is 23.6 Å². The van der Waals surface area contributed by atoms with E-state index in [0.717, 1.165) is 4.90 Å². The number of hydrogen-bond donors (Lipinski definition) is 2. The Morgan fingerprint density at radius 2 is 1.91 bits per heavy atom. The highest BCUT2D eigenvalue weighted by atomic mass is 79.9. The van der Waals surface area contributed by atoms with Crippen molar-refractivity contribution in [2.45, 2.75) is 6.54 Å². The third kappa shape index (κ3) is 5.82. The SMILES string of the molecule is O=C(COc1ccc(/C=C2\C(=O)NC(=O)N(Cc3ccco3)C2=O)cc1Br)Nc1ccc(F)cc1. The van der Waals surface area contributed by atoms with Crippen molar-refractivity contribution in [2.24, 2.45) is 0 Å². The standard InChI is InChI=1S/C24H17BrFN3O6/c25-19-11-14(3-8-20(19)35-13-21(30)27-16-6-4-15(26)5-7-16)10-18-22(31)28-24(33)29(23(18)32)12-17-2-1-9-34-17/h1-11H,12-13H2,(H,27,30)(H,28,31,33)/b18-10+. The second kappa shape index (κ2) is 10.3. The predicted octanol–water partition coefficient (Wildman–Crippen LogP) is 3.86. The summed E-state index contributed by atoms with van der Waals surface area (Å²) in [5, 5.41) is 4.72. The van der Waals surface area contributed by atoms with Crippen molar-refractivity contribution in [3.63, 3.8) is 0 Å². The first-order chi connectivity index (χ1) is 16.8. The van der Waals surface area contributed by atoms with Gasteiger partial charge >= 0.3 is 6.03 Å². The highest BCUT2D eigenvalue weighted by molar-refractivity contribution is 9.10. The molecule has 1 saturated heterocycles. The van der Waals surface area contributed by atoms with Crippen molar-refractivity contribution < 1.29 is 32.7 Å². The molecule has 178 valence electrons. The average molecular weight is 542 g/mol. The van der Waals surface area contributed by atoms with Crippen molar-refractivity contribution in [3.8, 4) is 5.75 Å². The minimum atomic E-state index is -0.836. The van der Waals surface area contributed by atoms with E-state index in [-0.39, 0.29) is 18.7 Å². The van der Waals surface area contributed by atoms with Gasteiger partial charge in [-0.1, -0.05) is 6.07 Å². The predicted molar refractivity (Wildman–Crippen MR) is 125 cm³/mol. The van der Waals surface area contributed by atoms with Crippen molar-refractivity contribution in [1.82, 2.24) is 10.2 Å². The van der Waals surface area contributed by atoms with E-state index >= 15 is 0 Å². The van der Waals surface area contributed by atoms with Crippen LogP contribution in [0, 0.1) is 5.82 Å². The van der Waals surface area contributed by atoms with E-state index < -0.39 is 29.6 Å². The quantitative estimate of drug-likeness (QED) is 0.346. The molecule has 35 heavy (non-hydrogen) atoms. The van der Waals surface area contributed by atoms with Gasteiger partial charge in [0, 0.05) is 5.69 Å². The van der Waals surface area contributed by atoms with Crippen LogP contribution in [0.5, 0.6) is 5.75 Å². The number of halogens is 2. The van der Waals surface area contributed by atoms with Crippen LogP contribution in [0.3, 0.4) is 0 Å². The summed E-state index contributed by atoms with van der Waals surface area (Å²) < 4.78 is 24.1. The van der Waals surface area contributed by atoms with Gasteiger partial charge in [0.2, 0.25) is 0 Å². The fourth-order valence-corrected chi connectivity index (χ4v) is 3.67. The third-order valence-electron chi connectivity index (χ3n) is 4.83. The summed E-state index contributed by atoms with van der Waals surface area (Å²) in [6, 6.07) is 12.4. The van der Waals surface area contributed by atoms with Crippen molar-refractivity contribution in [3.05, 3.63) is 88.0 Å². The monoisotopic (exact) mass is 541 g/mol. The first-order valence-electron chi connectivity index (χ1n) is 10.2. The number of barbiturate groups is 1. The summed E-state index contributed by atoms with van der Waals surface area (Å²) in [6.07, 6.45) is 2.76. The first-order valence-corrected chi connectivity index (χ1v) is 11.0. The summed E-state index contributed by atoms with van der Waals surface area (Å²) >= 11 is 3.34. The number of carbonyl (C=O) groups is 4. The fraction of sp³-hybridized carbons (Fsp3) is 0.0833. The molecule has 4 rings (SSSR count). The van der Waals surface area contributed by atoms with E-state index in [4.69, 9.17) is 9.15 Å². The topological polar surface area (TPSA) is 118 Å². The molecule has 2 aromatic carbocycles. The number of nitrogens with zero attached hydrogens (tertiary/aromatic N) is 1. The smallest absolute Gasteiger partial charge is 0.331 e. The van der Waals surface area contributed by atoms with Crippen molar-refractivity contribution >= 4 is 51.4 Å². The molecular formula is C24H17BrFN3O6. The van der Waals surface area contributed by atoms with Crippen LogP contribution in [-0.2, 0) is 20.9 Å². The van der Waals surface area contributed by atoms with Crippen LogP contribution in [0.4, 0.5) is 14.9 Å². The molecule has 2 heterocycles. The highest BCUT2D eigenvalue weighted by Gasteiger charge is 2.36. The maximum absolute atomic E-state index is 13.0. The number of rotatable bonds is 7. The molecule has 11 heteroatoms. The Bertz CT molecular complexity index is 1320. The lowest BCUT2D eigenvalue weighted by molar-refractivity contribution is -0.130. The number of anilines is 1. The Labute approximate surface area is 206 Å². The molecule has 0 saturated carbocycles. The molecule has 1 aliphatic rings. The molecule has 0 spiro atoms. The number of ether oxygens (including phenoxy) is 1. The van der Waals surface area contributed by atoms with Crippen molar-refractivity contribution in [1.29, 1.82) is 0 Å². The molecule has 0 atom stereocenters. The molecule has 5 amide bonds. The molecule has 2 N–H and O–H groups in total. The largest absolute Gasteiger partial charge is 0.483 e. The molecule has 0 radical (unpaired) electrons. The average Bonchev–Trinajstić information content (AvgIpc) is 3.34. The van der Waals surface area contributed by atoms with Crippen LogP contribution in [0.2, 0.25) is 0 Å². The van der Waals surface area contributed by atoms with Gasteiger partial charge in [-0.3, -0.25) is 24.6 Å². The number of nitrogens with one attached hydrogen (secondary N) is 2. The number of amides is 5. The zero-order chi connectivity index (χ0) is 24.9. The van der Waals surface area contributed by atoms with Crippen molar-refractivity contribution in [2.75, 3.05) is 11.9 Å². The lowest BCUT2D eigenvalue weighted by atomic mass is 10.1. The van der Waals surface area contributed by atoms with E-state index in [2.05, 4.69) is 26.6 Å². The van der Waals surface area contributed by atoms with E-state index in [1.54, 1.807) is 30.3 Å². The maximum atomic E-state index is 13.0.